The summed E-state index contributed by atoms with van der Waals surface area (Å²) in [6, 6.07) is 0. The average molecular weight is 525 g/mol. The third-order valence-corrected chi connectivity index (χ3v) is 8.57. The molecule has 0 amide bonds. The molecule has 1 saturated carbocycles. The third kappa shape index (κ3) is 5.73. The number of carbonyl (C=O) groups excluding carboxylic acids is 3. The molecule has 0 aromatic rings. The predicted octanol–water partition coefficient (Wildman–Crippen LogP) is 3.09. The van der Waals surface area contributed by atoms with Gasteiger partial charge in [0.1, 0.15) is 29.5 Å². The van der Waals surface area contributed by atoms with Crippen LogP contribution in [0.5, 0.6) is 0 Å². The number of ether oxygens (including phenoxy) is 4. The zero-order chi connectivity index (χ0) is 27.9. The van der Waals surface area contributed by atoms with E-state index in [9.17, 15) is 24.6 Å². The molecule has 2 N–H and O–H groups in total. The lowest BCUT2D eigenvalue weighted by Gasteiger charge is -2.48. The Bertz CT molecular complexity index is 896. The van der Waals surface area contributed by atoms with E-state index >= 15 is 0 Å². The van der Waals surface area contributed by atoms with Gasteiger partial charge in [0.25, 0.3) is 0 Å². The van der Waals surface area contributed by atoms with E-state index in [1.807, 2.05) is 13.8 Å². The maximum Gasteiger partial charge on any atom is 0.306 e. The largest absolute Gasteiger partial charge is 0.458 e. The fourth-order valence-electron chi connectivity index (χ4n) is 6.69. The smallest absolute Gasteiger partial charge is 0.306 e. The molecule has 2 heterocycles. The molecular formula is C28H44O9. The van der Waals surface area contributed by atoms with E-state index < -0.39 is 59.6 Å². The minimum atomic E-state index is -1.86. The second kappa shape index (κ2) is 11.0. The van der Waals surface area contributed by atoms with E-state index in [0.29, 0.717) is 18.4 Å². The van der Waals surface area contributed by atoms with Crippen LogP contribution in [0.3, 0.4) is 0 Å². The topological polar surface area (TPSA) is 129 Å². The minimum Gasteiger partial charge on any atom is -0.458 e. The van der Waals surface area contributed by atoms with Crippen LogP contribution in [-0.2, 0) is 33.3 Å². The Morgan fingerprint density at radius 2 is 1.78 bits per heavy atom. The van der Waals surface area contributed by atoms with Gasteiger partial charge in [-0.1, -0.05) is 27.4 Å². The van der Waals surface area contributed by atoms with Gasteiger partial charge in [0.2, 0.25) is 0 Å². The van der Waals surface area contributed by atoms with Crippen LogP contribution in [0.25, 0.3) is 0 Å². The van der Waals surface area contributed by atoms with Crippen molar-refractivity contribution >= 4 is 17.9 Å². The molecular weight excluding hydrogens is 480 g/mol. The first-order valence-electron chi connectivity index (χ1n) is 13.4. The van der Waals surface area contributed by atoms with E-state index in [0.717, 1.165) is 0 Å². The fourth-order valence-corrected chi connectivity index (χ4v) is 6.69. The van der Waals surface area contributed by atoms with Crippen molar-refractivity contribution in [2.24, 2.45) is 23.7 Å². The van der Waals surface area contributed by atoms with Gasteiger partial charge in [-0.2, -0.15) is 0 Å². The van der Waals surface area contributed by atoms with Crippen molar-refractivity contribution in [1.82, 2.24) is 0 Å². The molecule has 0 spiro atoms. The Kier molecular flexibility index (Phi) is 8.82. The highest BCUT2D eigenvalue weighted by Crippen LogP contribution is 2.57. The number of hydrogen-bond acceptors (Lipinski definition) is 9. The lowest BCUT2D eigenvalue weighted by Crippen LogP contribution is -2.59. The zero-order valence-electron chi connectivity index (χ0n) is 23.2. The Balaban J connectivity index is 2.21. The predicted molar refractivity (Wildman–Crippen MR) is 134 cm³/mol. The van der Waals surface area contributed by atoms with Gasteiger partial charge in [0, 0.05) is 32.1 Å². The fraction of sp³-hybridized carbons (Fsp3) is 0.821. The maximum atomic E-state index is 12.8. The number of aliphatic hydroxyl groups is 2. The summed E-state index contributed by atoms with van der Waals surface area (Å²) < 4.78 is 24.1. The number of hydrogen-bond donors (Lipinski definition) is 2. The van der Waals surface area contributed by atoms with Crippen molar-refractivity contribution in [2.75, 3.05) is 0 Å². The van der Waals surface area contributed by atoms with E-state index in [-0.39, 0.29) is 43.0 Å². The van der Waals surface area contributed by atoms with Gasteiger partial charge in [0.15, 0.2) is 6.10 Å². The van der Waals surface area contributed by atoms with Crippen LogP contribution < -0.4 is 0 Å². The summed E-state index contributed by atoms with van der Waals surface area (Å²) in [5.41, 5.74) is -2.38. The zero-order valence-corrected chi connectivity index (χ0v) is 23.2. The first-order chi connectivity index (χ1) is 17.1. The highest BCUT2D eigenvalue weighted by Gasteiger charge is 2.65. The quantitative estimate of drug-likeness (QED) is 0.306. The molecule has 0 aromatic heterocycles. The molecule has 2 bridgehead atoms. The first-order valence-corrected chi connectivity index (χ1v) is 13.4. The molecule has 3 fully saturated rings. The monoisotopic (exact) mass is 524 g/mol. The first kappa shape index (κ1) is 29.6. The number of aliphatic hydroxyl groups excluding tert-OH is 1. The molecule has 1 aliphatic carbocycles. The van der Waals surface area contributed by atoms with Crippen molar-refractivity contribution in [3.63, 3.8) is 0 Å². The van der Waals surface area contributed by atoms with Gasteiger partial charge in [-0.15, -0.1) is 0 Å². The van der Waals surface area contributed by atoms with Crippen molar-refractivity contribution in [1.29, 1.82) is 0 Å². The van der Waals surface area contributed by atoms with Gasteiger partial charge >= 0.3 is 17.9 Å². The maximum absolute atomic E-state index is 12.8. The van der Waals surface area contributed by atoms with Gasteiger partial charge < -0.3 is 29.2 Å². The van der Waals surface area contributed by atoms with E-state index in [1.54, 1.807) is 0 Å². The third-order valence-electron chi connectivity index (χ3n) is 8.57. The van der Waals surface area contributed by atoms with Crippen molar-refractivity contribution in [3.05, 3.63) is 12.2 Å². The van der Waals surface area contributed by atoms with Crippen LogP contribution in [-0.4, -0.2) is 69.8 Å². The molecule has 3 rings (SSSR count). The van der Waals surface area contributed by atoms with Gasteiger partial charge in [-0.3, -0.25) is 14.4 Å². The highest BCUT2D eigenvalue weighted by molar-refractivity contribution is 5.70. The lowest BCUT2D eigenvalue weighted by molar-refractivity contribution is -0.206. The Hall–Kier alpha value is -1.97. The van der Waals surface area contributed by atoms with Crippen LogP contribution in [0.4, 0.5) is 0 Å². The number of fused-ring (bicyclic) bond motifs is 5. The number of carbonyl (C=O) groups is 3. The van der Waals surface area contributed by atoms with Crippen molar-refractivity contribution in [2.45, 2.75) is 122 Å². The molecule has 9 heteroatoms. The summed E-state index contributed by atoms with van der Waals surface area (Å²) in [5, 5.41) is 22.7. The second-order valence-electron chi connectivity index (χ2n) is 11.8. The van der Waals surface area contributed by atoms with E-state index in [2.05, 4.69) is 20.4 Å². The molecule has 37 heavy (non-hydrogen) atoms. The highest BCUT2D eigenvalue weighted by atomic mass is 16.6. The van der Waals surface area contributed by atoms with Crippen LogP contribution in [0.1, 0.15) is 80.6 Å². The van der Waals surface area contributed by atoms with Crippen molar-refractivity contribution in [3.8, 4) is 0 Å². The summed E-state index contributed by atoms with van der Waals surface area (Å²) in [4.78, 5) is 36.9. The standard InChI is InChI=1S/C28H44O9/c1-9-10-21(32)37-27(7)12-11-20(31)28(8,33)26(35-17(6)30)24-22-15(4)19(34-16(5)29)13-18(14(2)3)23(22)25(27)36-24/h14,18-20,22-26,31,33H,4,9-13H2,1-3,5-8H3/t18-,19+,20+,22+,23-,24+,25-,26+,27-,28-/m1/s1. The normalized spacial score (nSPS) is 41.7. The molecule has 210 valence electrons. The molecule has 9 nitrogen and oxygen atoms in total. The van der Waals surface area contributed by atoms with Crippen LogP contribution in [0, 0.1) is 23.7 Å². The van der Waals surface area contributed by atoms with E-state index in [4.69, 9.17) is 18.9 Å². The molecule has 3 aliphatic rings. The van der Waals surface area contributed by atoms with Gasteiger partial charge in [-0.25, -0.2) is 0 Å². The second-order valence-corrected chi connectivity index (χ2v) is 11.8. The minimum absolute atomic E-state index is 0.00803. The van der Waals surface area contributed by atoms with Crippen LogP contribution >= 0.6 is 0 Å². The molecule has 2 aliphatic heterocycles. The SMILES string of the molecule is C=C1[C@@H]2[C@@H]3O[C@H]([C@@H]2[C@@H](C(C)C)C[C@@H]1OC(C)=O)[C@](C)(OC(=O)CCC)CC[C@H](O)[C@@](C)(O)[C@H]3OC(C)=O. The molecule has 0 unspecified atom stereocenters. The average Bonchev–Trinajstić information content (AvgIpc) is 3.18. The number of esters is 3. The molecule has 10 atom stereocenters. The summed E-state index contributed by atoms with van der Waals surface area (Å²) in [5.74, 6) is -1.98. The Labute approximate surface area is 219 Å². The Morgan fingerprint density at radius 3 is 2.32 bits per heavy atom. The number of rotatable bonds is 6. The summed E-state index contributed by atoms with van der Waals surface area (Å²) in [6.45, 7) is 16.2. The van der Waals surface area contributed by atoms with Crippen LogP contribution in [0.15, 0.2) is 12.2 Å². The summed E-state index contributed by atoms with van der Waals surface area (Å²) in [7, 11) is 0. The lowest BCUT2D eigenvalue weighted by atomic mass is 9.59. The van der Waals surface area contributed by atoms with Crippen molar-refractivity contribution < 1.29 is 43.5 Å². The van der Waals surface area contributed by atoms with E-state index in [1.165, 1.54) is 20.8 Å². The Morgan fingerprint density at radius 1 is 1.16 bits per heavy atom. The molecule has 0 radical (unpaired) electrons. The molecule has 2 saturated heterocycles. The van der Waals surface area contributed by atoms with Gasteiger partial charge in [-0.05, 0) is 56.9 Å². The summed E-state index contributed by atoms with van der Waals surface area (Å²) >= 11 is 0. The van der Waals surface area contributed by atoms with Crippen LogP contribution in [0.2, 0.25) is 0 Å². The summed E-state index contributed by atoms with van der Waals surface area (Å²) in [6.07, 6.45) is -2.90. The van der Waals surface area contributed by atoms with Gasteiger partial charge in [0.05, 0.1) is 6.10 Å². The molecule has 0 aromatic carbocycles.